The van der Waals surface area contributed by atoms with E-state index in [9.17, 15) is 63.3 Å². The maximum absolute atomic E-state index is 14.3. The largest absolute Gasteiger partial charge is 0.480 e. The predicted molar refractivity (Wildman–Crippen MR) is 252 cm³/mol. The van der Waals surface area contributed by atoms with Crippen molar-refractivity contribution in [1.82, 2.24) is 52.5 Å². The second-order valence-electron chi connectivity index (χ2n) is 17.0. The highest BCUT2D eigenvalue weighted by Gasteiger charge is 2.36. The Morgan fingerprint density at radius 1 is 0.606 bits per heavy atom. The summed E-state index contributed by atoms with van der Waals surface area (Å²) in [6.07, 6.45) is 0.118. The number of aliphatic hydroxyl groups is 2. The molecular formula is C46H64N12O13. The number of carbonyl (C=O) groups is 10. The van der Waals surface area contributed by atoms with E-state index in [-0.39, 0.29) is 32.1 Å². The second-order valence-corrected chi connectivity index (χ2v) is 17.0. The molecule has 25 nitrogen and oxygen atoms in total. The Morgan fingerprint density at radius 3 is 1.55 bits per heavy atom. The number of nitrogens with two attached hydrogens (primary N) is 2. The number of nitrogens with one attached hydrogen (secondary N) is 9. The standard InChI is InChI=1S/C46H64N12O13/c1-24(2)37(57-45(69)38(26(4)60)58-43(67)32(53-39(63)25(3)47)18-28-13-9-6-10-14-28)44(68)55-33(19-29-20-49-23-51-29)42(66)54-31(17-27-11-7-5-8-12-27)41(65)56-34(22-59)40(64)50-21-36(62)52-30(46(70)71)15-16-35(48)61/h5-14,20,23-26,30-34,37-38,59-60H,15-19,21-22,47H2,1-4H3,(H2,48,61)(H,49,51)(H,50,64)(H,52,62)(H,53,63)(H,54,66)(H,55,68)(H,56,65)(H,57,69)(H,58,67)(H,70,71)/t25-,26+,30-,31-,32-,33-,34-,37-,38-/m0/s1. The number of benzene rings is 2. The van der Waals surface area contributed by atoms with Crippen LogP contribution in [-0.2, 0) is 67.2 Å². The van der Waals surface area contributed by atoms with Crippen molar-refractivity contribution in [2.24, 2.45) is 17.4 Å². The molecule has 3 rings (SSSR count). The van der Waals surface area contributed by atoms with Crippen molar-refractivity contribution in [3.63, 3.8) is 0 Å². The molecule has 9 amide bonds. The van der Waals surface area contributed by atoms with Gasteiger partial charge in [0.15, 0.2) is 0 Å². The molecule has 2 aromatic carbocycles. The maximum atomic E-state index is 14.3. The molecule has 25 heteroatoms. The second kappa shape index (κ2) is 28.7. The van der Waals surface area contributed by atoms with Gasteiger partial charge < -0.3 is 74.3 Å². The number of aliphatic carboxylic acids is 1. The Kier molecular flexibility index (Phi) is 23.2. The summed E-state index contributed by atoms with van der Waals surface area (Å²) < 4.78 is 0. The number of carboxylic acid groups (broad SMARTS) is 1. The number of H-pyrrole nitrogens is 1. The first-order valence-electron chi connectivity index (χ1n) is 22.6. The van der Waals surface area contributed by atoms with Crippen LogP contribution in [0.5, 0.6) is 0 Å². The van der Waals surface area contributed by atoms with Crippen LogP contribution < -0.4 is 54.0 Å². The number of aliphatic hydroxyl groups excluding tert-OH is 2. The summed E-state index contributed by atoms with van der Waals surface area (Å²) in [7, 11) is 0. The molecule has 0 spiro atoms. The minimum absolute atomic E-state index is 0.00196. The van der Waals surface area contributed by atoms with Gasteiger partial charge in [-0.25, -0.2) is 9.78 Å². The molecular weight excluding hydrogens is 929 g/mol. The third-order valence-corrected chi connectivity index (χ3v) is 10.7. The molecule has 1 aromatic heterocycles. The molecule has 0 aliphatic heterocycles. The van der Waals surface area contributed by atoms with Gasteiger partial charge >= 0.3 is 5.97 Å². The zero-order valence-electron chi connectivity index (χ0n) is 39.7. The summed E-state index contributed by atoms with van der Waals surface area (Å²) in [5.41, 5.74) is 12.4. The summed E-state index contributed by atoms with van der Waals surface area (Å²) >= 11 is 0. The number of primary amides is 1. The van der Waals surface area contributed by atoms with Crippen LogP contribution in [0.3, 0.4) is 0 Å². The van der Waals surface area contributed by atoms with Gasteiger partial charge in [-0.2, -0.15) is 0 Å². The van der Waals surface area contributed by atoms with Crippen LogP contribution in [0.25, 0.3) is 0 Å². The van der Waals surface area contributed by atoms with Gasteiger partial charge in [-0.15, -0.1) is 0 Å². The quantitative estimate of drug-likeness (QED) is 0.0313. The normalized spacial score (nSPS) is 14.8. The number of hydrogen-bond donors (Lipinski definition) is 14. The highest BCUT2D eigenvalue weighted by molar-refractivity contribution is 5.98. The molecule has 71 heavy (non-hydrogen) atoms. The van der Waals surface area contributed by atoms with E-state index in [1.54, 1.807) is 74.5 Å². The van der Waals surface area contributed by atoms with Gasteiger partial charge in [0.1, 0.15) is 42.3 Å². The molecule has 0 bridgehead atoms. The third kappa shape index (κ3) is 19.6. The first-order chi connectivity index (χ1) is 33.6. The van der Waals surface area contributed by atoms with E-state index in [4.69, 9.17) is 11.5 Å². The van der Waals surface area contributed by atoms with Crippen LogP contribution in [-0.4, -0.2) is 152 Å². The van der Waals surface area contributed by atoms with Crippen molar-refractivity contribution in [1.29, 1.82) is 0 Å². The van der Waals surface area contributed by atoms with E-state index < -0.39 is 133 Å². The maximum Gasteiger partial charge on any atom is 0.326 e. The number of hydrogen-bond acceptors (Lipinski definition) is 14. The van der Waals surface area contributed by atoms with Gasteiger partial charge in [0.25, 0.3) is 0 Å². The van der Waals surface area contributed by atoms with E-state index in [0.717, 1.165) is 0 Å². The summed E-state index contributed by atoms with van der Waals surface area (Å²) in [5.74, 6) is -10.2. The summed E-state index contributed by atoms with van der Waals surface area (Å²) in [4.78, 5) is 137. The number of amides is 9. The SMILES string of the molecule is CC(C)[C@H](NC(=O)[C@@H](NC(=O)[C@H](Cc1ccccc1)NC(=O)[C@H](C)N)[C@@H](C)O)C(=O)N[C@@H](Cc1cnc[nH]1)C(=O)N[C@@H](Cc1ccccc1)C(=O)N[C@@H](CO)C(=O)NCC(=O)N[C@@H](CCC(N)=O)C(=O)O. The number of aromatic amines is 1. The molecule has 0 fully saturated rings. The molecule has 0 unspecified atom stereocenters. The summed E-state index contributed by atoms with van der Waals surface area (Å²) in [6.45, 7) is 4.05. The number of nitrogens with zero attached hydrogens (tertiary/aromatic N) is 1. The number of carbonyl (C=O) groups excluding carboxylic acids is 9. The van der Waals surface area contributed by atoms with E-state index >= 15 is 0 Å². The zero-order valence-corrected chi connectivity index (χ0v) is 39.7. The molecule has 16 N–H and O–H groups in total. The van der Waals surface area contributed by atoms with Gasteiger partial charge in [0, 0.05) is 37.6 Å². The highest BCUT2D eigenvalue weighted by Crippen LogP contribution is 2.11. The first kappa shape index (κ1) is 57.5. The number of rotatable bonds is 29. The Balaban J connectivity index is 1.82. The van der Waals surface area contributed by atoms with E-state index in [0.29, 0.717) is 16.8 Å². The molecule has 0 radical (unpaired) electrons. The van der Waals surface area contributed by atoms with Crippen LogP contribution in [0.1, 0.15) is 57.4 Å². The molecule has 0 aliphatic rings. The fourth-order valence-electron chi connectivity index (χ4n) is 6.76. The minimum atomic E-state index is -1.69. The van der Waals surface area contributed by atoms with E-state index in [2.05, 4.69) is 52.5 Å². The van der Waals surface area contributed by atoms with E-state index in [1.165, 1.54) is 26.4 Å². The Hall–Kier alpha value is -7.77. The van der Waals surface area contributed by atoms with Crippen LogP contribution in [0, 0.1) is 5.92 Å². The summed E-state index contributed by atoms with van der Waals surface area (Å²) in [6, 6.07) is 5.64. The van der Waals surface area contributed by atoms with Gasteiger partial charge in [-0.1, -0.05) is 74.5 Å². The zero-order chi connectivity index (χ0) is 52.8. The van der Waals surface area contributed by atoms with Crippen molar-refractivity contribution in [3.05, 3.63) is 90.0 Å². The van der Waals surface area contributed by atoms with Crippen LogP contribution in [0.4, 0.5) is 0 Å². The predicted octanol–water partition coefficient (Wildman–Crippen LogP) is -4.33. The van der Waals surface area contributed by atoms with Crippen molar-refractivity contribution in [3.8, 4) is 0 Å². The lowest BCUT2D eigenvalue weighted by molar-refractivity contribution is -0.142. The molecule has 386 valence electrons. The molecule has 0 saturated carbocycles. The molecule has 0 aliphatic carbocycles. The van der Waals surface area contributed by atoms with Crippen LogP contribution in [0.15, 0.2) is 73.2 Å². The Morgan fingerprint density at radius 2 is 1.08 bits per heavy atom. The minimum Gasteiger partial charge on any atom is -0.480 e. The molecule has 1 heterocycles. The van der Waals surface area contributed by atoms with Crippen molar-refractivity contribution in [2.45, 2.75) is 114 Å². The molecule has 0 saturated heterocycles. The number of aromatic nitrogens is 2. The van der Waals surface area contributed by atoms with Gasteiger partial charge in [0.2, 0.25) is 53.2 Å². The average molecular weight is 993 g/mol. The lowest BCUT2D eigenvalue weighted by atomic mass is 10.00. The van der Waals surface area contributed by atoms with Gasteiger partial charge in [0.05, 0.1) is 31.6 Å². The first-order valence-corrected chi connectivity index (χ1v) is 22.6. The Bertz CT molecular complexity index is 2280. The Labute approximate surface area is 408 Å². The van der Waals surface area contributed by atoms with Crippen molar-refractivity contribution < 1.29 is 63.3 Å². The topological polar surface area (TPSA) is 408 Å². The monoisotopic (exact) mass is 992 g/mol. The number of imidazole rings is 1. The molecule has 3 aromatic rings. The van der Waals surface area contributed by atoms with Crippen LogP contribution in [0.2, 0.25) is 0 Å². The van der Waals surface area contributed by atoms with E-state index in [1.807, 2.05) is 0 Å². The van der Waals surface area contributed by atoms with Gasteiger partial charge in [-0.3, -0.25) is 43.2 Å². The smallest absolute Gasteiger partial charge is 0.326 e. The lowest BCUT2D eigenvalue weighted by Gasteiger charge is -2.29. The lowest BCUT2D eigenvalue weighted by Crippen LogP contribution is -2.62. The number of carboxylic acids is 1. The summed E-state index contributed by atoms with van der Waals surface area (Å²) in [5, 5.41) is 49.6. The van der Waals surface area contributed by atoms with Crippen molar-refractivity contribution in [2.75, 3.05) is 13.2 Å². The highest BCUT2D eigenvalue weighted by atomic mass is 16.4. The fourth-order valence-corrected chi connectivity index (χ4v) is 6.76. The van der Waals surface area contributed by atoms with Crippen molar-refractivity contribution >= 4 is 59.1 Å². The van der Waals surface area contributed by atoms with Gasteiger partial charge in [-0.05, 0) is 37.3 Å². The average Bonchev–Trinajstić information content (AvgIpc) is 3.84. The fraction of sp³-hybridized carbons (Fsp3) is 0.457. The molecule has 9 atom stereocenters. The van der Waals surface area contributed by atoms with Crippen LogP contribution >= 0.6 is 0 Å². The third-order valence-electron chi connectivity index (χ3n) is 10.7.